The molecule has 0 fully saturated rings. The van der Waals surface area contributed by atoms with Crippen LogP contribution in [0, 0.1) is 0 Å². The van der Waals surface area contributed by atoms with Gasteiger partial charge in [-0.05, 0) is 17.7 Å². The molecule has 1 atom stereocenters. The lowest BCUT2D eigenvalue weighted by atomic mass is 10.0. The molecule has 2 heterocycles. The molecule has 3 aromatic rings. The SMILES string of the molecule is NC(=O)C1CC(=O)c2cc(OS(=O)(=O)c3c(Cl)nc4sccn34)ccc21. The van der Waals surface area contributed by atoms with Crippen LogP contribution in [0.1, 0.15) is 28.3 Å². The van der Waals surface area contributed by atoms with Crippen LogP contribution in [0.5, 0.6) is 5.75 Å². The number of fused-ring (bicyclic) bond motifs is 2. The second-order valence-electron chi connectivity index (χ2n) is 5.63. The predicted octanol–water partition coefficient (Wildman–Crippen LogP) is 1.97. The summed E-state index contributed by atoms with van der Waals surface area (Å²) >= 11 is 7.16. The van der Waals surface area contributed by atoms with E-state index in [1.165, 1.54) is 40.1 Å². The number of carbonyl (C=O) groups excluding carboxylic acids is 2. The Hall–Kier alpha value is -2.43. The van der Waals surface area contributed by atoms with Crippen LogP contribution in [-0.2, 0) is 14.9 Å². The summed E-state index contributed by atoms with van der Waals surface area (Å²) in [5.41, 5.74) is 5.99. The molecular formula is C15H10ClN3O5S2. The standard InChI is InChI=1S/C15H10ClN3O5S2/c16-12-14(19-3-4-25-15(19)18-12)26(22,23)24-7-1-2-8-9(5-7)11(20)6-10(8)13(17)21/h1-5,10H,6H2,(H2,17,21). The highest BCUT2D eigenvalue weighted by Gasteiger charge is 2.34. The zero-order valence-corrected chi connectivity index (χ0v) is 15.3. The van der Waals surface area contributed by atoms with E-state index in [4.69, 9.17) is 21.5 Å². The number of nitrogens with two attached hydrogens (primary N) is 1. The lowest BCUT2D eigenvalue weighted by Gasteiger charge is -2.09. The maximum atomic E-state index is 12.6. The number of ketones is 1. The summed E-state index contributed by atoms with van der Waals surface area (Å²) < 4.78 is 31.7. The smallest absolute Gasteiger partial charge is 0.358 e. The van der Waals surface area contributed by atoms with Crippen LogP contribution in [-0.4, -0.2) is 29.5 Å². The monoisotopic (exact) mass is 411 g/mol. The van der Waals surface area contributed by atoms with Crippen molar-refractivity contribution in [1.29, 1.82) is 0 Å². The van der Waals surface area contributed by atoms with E-state index in [-0.39, 0.29) is 33.7 Å². The third-order valence-corrected chi connectivity index (χ3v) is 6.46. The van der Waals surface area contributed by atoms with Crippen LogP contribution in [0.15, 0.2) is 34.8 Å². The van der Waals surface area contributed by atoms with Crippen molar-refractivity contribution in [2.24, 2.45) is 5.73 Å². The van der Waals surface area contributed by atoms with E-state index in [0.29, 0.717) is 10.5 Å². The van der Waals surface area contributed by atoms with Gasteiger partial charge in [-0.2, -0.15) is 8.42 Å². The highest BCUT2D eigenvalue weighted by Crippen LogP contribution is 2.36. The van der Waals surface area contributed by atoms with Crippen LogP contribution >= 0.6 is 22.9 Å². The molecule has 0 saturated heterocycles. The topological polar surface area (TPSA) is 121 Å². The molecule has 2 aromatic heterocycles. The van der Waals surface area contributed by atoms with Crippen molar-refractivity contribution in [1.82, 2.24) is 9.38 Å². The number of aromatic nitrogens is 2. The van der Waals surface area contributed by atoms with Gasteiger partial charge in [-0.1, -0.05) is 17.7 Å². The quantitative estimate of drug-likeness (QED) is 0.655. The molecule has 11 heteroatoms. The number of amides is 1. The van der Waals surface area contributed by atoms with Crippen LogP contribution in [0.3, 0.4) is 0 Å². The molecule has 0 bridgehead atoms. The number of Topliss-reactive ketones (excluding diaryl/α,β-unsaturated/α-hetero) is 1. The summed E-state index contributed by atoms with van der Waals surface area (Å²) in [4.78, 5) is 27.9. The Kier molecular flexibility index (Phi) is 3.79. The number of carbonyl (C=O) groups is 2. The first-order chi connectivity index (χ1) is 12.3. The van der Waals surface area contributed by atoms with Gasteiger partial charge in [-0.3, -0.25) is 14.0 Å². The average Bonchev–Trinajstić information content (AvgIpc) is 3.20. The number of rotatable bonds is 4. The second kappa shape index (κ2) is 5.79. The normalized spacial score (nSPS) is 16.8. The van der Waals surface area contributed by atoms with Gasteiger partial charge in [0, 0.05) is 23.6 Å². The van der Waals surface area contributed by atoms with Crippen molar-refractivity contribution in [3.05, 3.63) is 46.1 Å². The summed E-state index contributed by atoms with van der Waals surface area (Å²) in [6.45, 7) is 0. The largest absolute Gasteiger partial charge is 0.378 e. The van der Waals surface area contributed by atoms with Gasteiger partial charge < -0.3 is 9.92 Å². The van der Waals surface area contributed by atoms with E-state index >= 15 is 0 Å². The fourth-order valence-electron chi connectivity index (χ4n) is 2.92. The van der Waals surface area contributed by atoms with Crippen molar-refractivity contribution in [3.63, 3.8) is 0 Å². The van der Waals surface area contributed by atoms with Crippen molar-refractivity contribution >= 4 is 49.7 Å². The molecule has 1 unspecified atom stereocenters. The summed E-state index contributed by atoms with van der Waals surface area (Å²) in [6, 6.07) is 4.13. The average molecular weight is 412 g/mol. The Morgan fingerprint density at radius 2 is 2.19 bits per heavy atom. The molecule has 0 radical (unpaired) electrons. The summed E-state index contributed by atoms with van der Waals surface area (Å²) in [5.74, 6) is -1.68. The zero-order chi connectivity index (χ0) is 18.6. The highest BCUT2D eigenvalue weighted by atomic mass is 35.5. The molecule has 8 nitrogen and oxygen atoms in total. The summed E-state index contributed by atoms with van der Waals surface area (Å²) in [6.07, 6.45) is 1.48. The molecule has 4 rings (SSSR count). The molecule has 0 saturated carbocycles. The van der Waals surface area contributed by atoms with Gasteiger partial charge in [-0.25, -0.2) is 4.98 Å². The molecule has 26 heavy (non-hydrogen) atoms. The van der Waals surface area contributed by atoms with Gasteiger partial charge >= 0.3 is 10.1 Å². The van der Waals surface area contributed by atoms with E-state index in [1.807, 2.05) is 0 Å². The van der Waals surface area contributed by atoms with Crippen LogP contribution in [0.2, 0.25) is 5.15 Å². The minimum Gasteiger partial charge on any atom is -0.378 e. The Labute approximate surface area is 156 Å². The molecular weight excluding hydrogens is 402 g/mol. The molecule has 134 valence electrons. The first-order valence-corrected chi connectivity index (χ1v) is 9.96. The third-order valence-electron chi connectivity index (χ3n) is 4.05. The van der Waals surface area contributed by atoms with Crippen molar-refractivity contribution in [2.45, 2.75) is 17.4 Å². The van der Waals surface area contributed by atoms with Crippen LogP contribution < -0.4 is 9.92 Å². The zero-order valence-electron chi connectivity index (χ0n) is 12.9. The number of thiazole rings is 1. The van der Waals surface area contributed by atoms with E-state index < -0.39 is 21.9 Å². The Morgan fingerprint density at radius 1 is 1.42 bits per heavy atom. The maximum Gasteiger partial charge on any atom is 0.358 e. The van der Waals surface area contributed by atoms with Gasteiger partial charge in [0.25, 0.3) is 0 Å². The van der Waals surface area contributed by atoms with E-state index in [0.717, 1.165) is 0 Å². The van der Waals surface area contributed by atoms with Crippen LogP contribution in [0.4, 0.5) is 0 Å². The molecule has 0 aliphatic heterocycles. The van der Waals surface area contributed by atoms with E-state index in [1.54, 1.807) is 5.38 Å². The molecule has 1 aliphatic carbocycles. The highest BCUT2D eigenvalue weighted by molar-refractivity contribution is 7.87. The first kappa shape index (κ1) is 17.0. The fourth-order valence-corrected chi connectivity index (χ4v) is 5.27. The number of benzene rings is 1. The number of imidazole rings is 1. The lowest BCUT2D eigenvalue weighted by Crippen LogP contribution is -2.19. The second-order valence-corrected chi connectivity index (χ2v) is 8.32. The van der Waals surface area contributed by atoms with Gasteiger partial charge in [0.1, 0.15) is 5.75 Å². The van der Waals surface area contributed by atoms with Crippen LogP contribution in [0.25, 0.3) is 4.96 Å². The predicted molar refractivity (Wildman–Crippen MR) is 93.2 cm³/mol. The molecule has 1 aliphatic rings. The van der Waals surface area contributed by atoms with E-state index in [2.05, 4.69) is 4.98 Å². The van der Waals surface area contributed by atoms with Crippen molar-refractivity contribution in [2.75, 3.05) is 0 Å². The minimum atomic E-state index is -4.29. The van der Waals surface area contributed by atoms with Gasteiger partial charge in [-0.15, -0.1) is 11.3 Å². The van der Waals surface area contributed by atoms with Gasteiger partial charge in [0.05, 0.1) is 5.92 Å². The Balaban J connectivity index is 1.73. The molecule has 0 spiro atoms. The summed E-state index contributed by atoms with van der Waals surface area (Å²) in [5, 5.41) is 1.16. The molecule has 1 amide bonds. The maximum absolute atomic E-state index is 12.6. The fraction of sp³-hybridized carbons (Fsp3) is 0.133. The van der Waals surface area contributed by atoms with E-state index in [9.17, 15) is 18.0 Å². The summed E-state index contributed by atoms with van der Waals surface area (Å²) in [7, 11) is -4.29. The Morgan fingerprint density at radius 3 is 2.92 bits per heavy atom. The lowest BCUT2D eigenvalue weighted by molar-refractivity contribution is -0.119. The minimum absolute atomic E-state index is 0.0369. The number of hydrogen-bond acceptors (Lipinski definition) is 7. The van der Waals surface area contributed by atoms with Crippen molar-refractivity contribution in [3.8, 4) is 5.75 Å². The van der Waals surface area contributed by atoms with Crippen molar-refractivity contribution < 1.29 is 22.2 Å². The number of primary amides is 1. The third kappa shape index (κ3) is 2.57. The van der Waals surface area contributed by atoms with Gasteiger partial charge in [0.2, 0.25) is 10.9 Å². The number of hydrogen-bond donors (Lipinski definition) is 1. The number of nitrogens with zero attached hydrogens (tertiary/aromatic N) is 2. The first-order valence-electron chi connectivity index (χ1n) is 7.30. The Bertz CT molecular complexity index is 1180. The molecule has 1 aromatic carbocycles. The van der Waals surface area contributed by atoms with Gasteiger partial charge in [0.15, 0.2) is 15.9 Å². The molecule has 2 N–H and O–H groups in total. The number of halogens is 1.